The number of benzene rings is 2. The molecule has 1 aromatic heterocycles. The molecule has 1 atom stereocenters. The second-order valence-electron chi connectivity index (χ2n) is 8.40. The molecule has 0 saturated carbocycles. The number of nitrogens with zero attached hydrogens (tertiary/aromatic N) is 2. The summed E-state index contributed by atoms with van der Waals surface area (Å²) in [5.74, 6) is -1.68. The van der Waals surface area contributed by atoms with Crippen LogP contribution in [0.3, 0.4) is 0 Å². The lowest BCUT2D eigenvalue weighted by Crippen LogP contribution is -2.41. The standard InChI is InChI=1S/C26H28ClF2N3O5/c1-32(24(34)13-10-18-5-4-7-21(28)25(18)29)20(6-2-3-14-33)16-36-26(35)30-23-15-22(37-31-23)17-8-11-19(27)12-9-17/h4-5,7-9,11-12,15,20,33H,2-3,6,10,13-14,16H2,1H3,(H,30,31,35)/t20-/m0/s1. The number of rotatable bonds is 12. The number of aryl methyl sites for hydroxylation is 1. The van der Waals surface area contributed by atoms with E-state index in [-0.39, 0.29) is 43.3 Å². The quantitative estimate of drug-likeness (QED) is 0.299. The van der Waals surface area contributed by atoms with Crippen molar-refractivity contribution in [2.45, 2.75) is 38.1 Å². The van der Waals surface area contributed by atoms with Crippen molar-refractivity contribution in [3.63, 3.8) is 0 Å². The first kappa shape index (κ1) is 28.1. The van der Waals surface area contributed by atoms with Crippen molar-refractivity contribution in [1.82, 2.24) is 10.1 Å². The molecule has 0 spiro atoms. The van der Waals surface area contributed by atoms with Crippen LogP contribution >= 0.6 is 11.6 Å². The number of halogens is 3. The molecule has 3 aromatic rings. The number of unbranched alkanes of at least 4 members (excludes halogenated alkanes) is 1. The van der Waals surface area contributed by atoms with E-state index in [4.69, 9.17) is 26.0 Å². The van der Waals surface area contributed by atoms with Crippen LogP contribution in [-0.2, 0) is 16.0 Å². The minimum atomic E-state index is -0.968. The molecule has 0 fully saturated rings. The Balaban J connectivity index is 1.55. The fraction of sp³-hybridized carbons (Fsp3) is 0.346. The van der Waals surface area contributed by atoms with Gasteiger partial charge in [0.2, 0.25) is 5.91 Å². The van der Waals surface area contributed by atoms with Gasteiger partial charge in [-0.3, -0.25) is 10.1 Å². The summed E-state index contributed by atoms with van der Waals surface area (Å²) in [5.41, 5.74) is 0.834. The molecule has 0 aliphatic carbocycles. The molecule has 0 saturated heterocycles. The number of carbonyl (C=O) groups excluding carboxylic acids is 2. The van der Waals surface area contributed by atoms with E-state index < -0.39 is 23.8 Å². The van der Waals surface area contributed by atoms with Crippen molar-refractivity contribution in [1.29, 1.82) is 0 Å². The van der Waals surface area contributed by atoms with Crippen molar-refractivity contribution in [2.24, 2.45) is 0 Å². The van der Waals surface area contributed by atoms with E-state index in [9.17, 15) is 18.4 Å². The molecule has 37 heavy (non-hydrogen) atoms. The number of nitrogens with one attached hydrogen (secondary N) is 1. The number of aliphatic hydroxyl groups is 1. The first-order valence-corrected chi connectivity index (χ1v) is 12.1. The van der Waals surface area contributed by atoms with Gasteiger partial charge in [0.25, 0.3) is 0 Å². The van der Waals surface area contributed by atoms with E-state index in [1.807, 2.05) is 0 Å². The van der Waals surface area contributed by atoms with Crippen molar-refractivity contribution in [2.75, 3.05) is 25.6 Å². The third kappa shape index (κ3) is 8.26. The molecule has 0 bridgehead atoms. The number of ether oxygens (including phenoxy) is 1. The molecule has 0 aliphatic rings. The van der Waals surface area contributed by atoms with Gasteiger partial charge in [-0.2, -0.15) is 0 Å². The van der Waals surface area contributed by atoms with Gasteiger partial charge < -0.3 is 19.3 Å². The van der Waals surface area contributed by atoms with Crippen LogP contribution in [0.4, 0.5) is 19.4 Å². The third-order valence-corrected chi connectivity index (χ3v) is 6.05. The summed E-state index contributed by atoms with van der Waals surface area (Å²) in [7, 11) is 1.56. The zero-order valence-electron chi connectivity index (χ0n) is 20.3. The van der Waals surface area contributed by atoms with E-state index in [1.54, 1.807) is 31.3 Å². The maximum Gasteiger partial charge on any atom is 0.412 e. The smallest absolute Gasteiger partial charge is 0.412 e. The SMILES string of the molecule is CN(C(=O)CCc1cccc(F)c1F)[C@@H](CCCCO)COC(=O)Nc1cc(-c2ccc(Cl)cc2)on1. The minimum Gasteiger partial charge on any atom is -0.447 e. The first-order valence-electron chi connectivity index (χ1n) is 11.7. The largest absolute Gasteiger partial charge is 0.447 e. The van der Waals surface area contributed by atoms with Crippen molar-refractivity contribution in [3.05, 3.63) is 70.8 Å². The fourth-order valence-corrected chi connectivity index (χ4v) is 3.77. The first-order chi connectivity index (χ1) is 17.8. The Kier molecular flexibility index (Phi) is 10.4. The van der Waals surface area contributed by atoms with Gasteiger partial charge in [0.15, 0.2) is 23.2 Å². The van der Waals surface area contributed by atoms with Gasteiger partial charge in [0.05, 0.1) is 6.04 Å². The lowest BCUT2D eigenvalue weighted by atomic mass is 10.1. The van der Waals surface area contributed by atoms with Crippen LogP contribution in [0.5, 0.6) is 0 Å². The predicted octanol–water partition coefficient (Wildman–Crippen LogP) is 5.44. The Hall–Kier alpha value is -3.50. The number of carbonyl (C=O) groups is 2. The minimum absolute atomic E-state index is 0.00726. The summed E-state index contributed by atoms with van der Waals surface area (Å²) < 4.78 is 37.9. The van der Waals surface area contributed by atoms with Gasteiger partial charge in [-0.1, -0.05) is 28.9 Å². The fourth-order valence-electron chi connectivity index (χ4n) is 3.64. The van der Waals surface area contributed by atoms with Crippen LogP contribution in [0.15, 0.2) is 53.1 Å². The summed E-state index contributed by atoms with van der Waals surface area (Å²) in [6.07, 6.45) is 0.772. The molecule has 0 radical (unpaired) electrons. The average Bonchev–Trinajstić information content (AvgIpc) is 3.35. The molecule has 2 N–H and O–H groups in total. The van der Waals surface area contributed by atoms with Gasteiger partial charge in [-0.15, -0.1) is 0 Å². The van der Waals surface area contributed by atoms with E-state index >= 15 is 0 Å². The zero-order chi connectivity index (χ0) is 26.8. The lowest BCUT2D eigenvalue weighted by Gasteiger charge is -2.28. The Labute approximate surface area is 218 Å². The van der Waals surface area contributed by atoms with Crippen molar-refractivity contribution in [3.8, 4) is 11.3 Å². The third-order valence-electron chi connectivity index (χ3n) is 5.80. The molecule has 0 unspecified atom stereocenters. The average molecular weight is 536 g/mol. The van der Waals surface area contributed by atoms with Gasteiger partial charge in [0.1, 0.15) is 6.61 Å². The molecule has 8 nitrogen and oxygen atoms in total. The molecular formula is C26H28ClF2N3O5. The Morgan fingerprint density at radius 1 is 1.19 bits per heavy atom. The second kappa shape index (κ2) is 13.7. The highest BCUT2D eigenvalue weighted by atomic mass is 35.5. The molecule has 0 aliphatic heterocycles. The number of hydrogen-bond acceptors (Lipinski definition) is 6. The maximum atomic E-state index is 13.9. The van der Waals surface area contributed by atoms with Gasteiger partial charge in [-0.05, 0) is 61.6 Å². The van der Waals surface area contributed by atoms with Crippen LogP contribution in [-0.4, -0.2) is 53.5 Å². The maximum absolute atomic E-state index is 13.9. The number of aromatic nitrogens is 1. The molecule has 1 heterocycles. The number of amides is 2. The molecule has 3 rings (SSSR count). The molecule has 11 heteroatoms. The molecule has 2 aromatic carbocycles. The molecular weight excluding hydrogens is 508 g/mol. The topological polar surface area (TPSA) is 105 Å². The molecule has 198 valence electrons. The Morgan fingerprint density at radius 2 is 1.95 bits per heavy atom. The van der Waals surface area contributed by atoms with Crippen molar-refractivity contribution >= 4 is 29.4 Å². The molecule has 2 amide bonds. The number of likely N-dealkylation sites (N-methyl/N-ethyl adjacent to an activating group) is 1. The summed E-state index contributed by atoms with van der Waals surface area (Å²) in [4.78, 5) is 26.5. The summed E-state index contributed by atoms with van der Waals surface area (Å²) >= 11 is 5.89. The van der Waals surface area contributed by atoms with Crippen LogP contribution in [0.2, 0.25) is 5.02 Å². The number of anilines is 1. The van der Waals surface area contributed by atoms with E-state index in [2.05, 4.69) is 10.5 Å². The highest BCUT2D eigenvalue weighted by Gasteiger charge is 2.22. The van der Waals surface area contributed by atoms with E-state index in [0.29, 0.717) is 30.0 Å². The summed E-state index contributed by atoms with van der Waals surface area (Å²) in [6, 6.07) is 11.8. The predicted molar refractivity (Wildman–Crippen MR) is 134 cm³/mol. The van der Waals surface area contributed by atoms with Crippen LogP contribution < -0.4 is 5.32 Å². The monoisotopic (exact) mass is 535 g/mol. The second-order valence-corrected chi connectivity index (χ2v) is 8.83. The zero-order valence-corrected chi connectivity index (χ0v) is 21.0. The Bertz CT molecular complexity index is 1190. The van der Waals surface area contributed by atoms with E-state index in [1.165, 1.54) is 23.1 Å². The highest BCUT2D eigenvalue weighted by molar-refractivity contribution is 6.30. The van der Waals surface area contributed by atoms with Crippen molar-refractivity contribution < 1.29 is 32.7 Å². The number of hydrogen-bond donors (Lipinski definition) is 2. The number of aliphatic hydroxyl groups excluding tert-OH is 1. The summed E-state index contributed by atoms with van der Waals surface area (Å²) in [6.45, 7) is -0.123. The van der Waals surface area contributed by atoms with Gasteiger partial charge in [-0.25, -0.2) is 13.6 Å². The normalized spacial score (nSPS) is 11.7. The van der Waals surface area contributed by atoms with E-state index in [0.717, 1.165) is 11.6 Å². The Morgan fingerprint density at radius 3 is 2.68 bits per heavy atom. The van der Waals surface area contributed by atoms with Gasteiger partial charge >= 0.3 is 6.09 Å². The highest BCUT2D eigenvalue weighted by Crippen LogP contribution is 2.24. The summed E-state index contributed by atoms with van der Waals surface area (Å²) in [5, 5.41) is 16.0. The van der Waals surface area contributed by atoms with Gasteiger partial charge in [0, 0.05) is 36.7 Å². The lowest BCUT2D eigenvalue weighted by molar-refractivity contribution is -0.133. The van der Waals surface area contributed by atoms with Crippen LogP contribution in [0.25, 0.3) is 11.3 Å². The van der Waals surface area contributed by atoms with Crippen LogP contribution in [0.1, 0.15) is 31.2 Å². The van der Waals surface area contributed by atoms with Crippen LogP contribution in [0, 0.1) is 11.6 Å².